The molecule has 3 aromatic rings. The van der Waals surface area contributed by atoms with E-state index in [0.29, 0.717) is 6.54 Å². The Labute approximate surface area is 154 Å². The first-order valence-electron chi connectivity index (χ1n) is 7.01. The van der Waals surface area contributed by atoms with Gasteiger partial charge < -0.3 is 15.0 Å². The highest BCUT2D eigenvalue weighted by Crippen LogP contribution is 2.31. The minimum Gasteiger partial charge on any atom is -0.497 e. The molecule has 0 saturated heterocycles. The molecule has 0 unspecified atom stereocenters. The summed E-state index contributed by atoms with van der Waals surface area (Å²) in [5.74, 6) is 2.42. The summed E-state index contributed by atoms with van der Waals surface area (Å²) < 4.78 is 7.18. The van der Waals surface area contributed by atoms with Crippen molar-refractivity contribution in [3.05, 3.63) is 41.2 Å². The largest absolute Gasteiger partial charge is 0.497 e. The molecule has 0 aliphatic heterocycles. The van der Waals surface area contributed by atoms with Crippen molar-refractivity contribution in [3.8, 4) is 16.3 Å². The van der Waals surface area contributed by atoms with E-state index >= 15 is 0 Å². The fourth-order valence-corrected chi connectivity index (χ4v) is 3.91. The van der Waals surface area contributed by atoms with Crippen LogP contribution in [-0.2, 0) is 19.3 Å². The number of methoxy groups -OCH3 is 1. The number of thiazole rings is 1. The molecule has 2 heterocycles. The number of rotatable bonds is 6. The minimum absolute atomic E-state index is 0. The molecule has 0 radical (unpaired) electrons. The van der Waals surface area contributed by atoms with E-state index < -0.39 is 0 Å². The number of halogens is 1. The van der Waals surface area contributed by atoms with Crippen molar-refractivity contribution in [2.45, 2.75) is 17.5 Å². The van der Waals surface area contributed by atoms with E-state index in [2.05, 4.69) is 15.2 Å². The molecule has 0 amide bonds. The average Bonchev–Trinajstić information content (AvgIpc) is 3.19. The lowest BCUT2D eigenvalue weighted by atomic mass is 10.2. The van der Waals surface area contributed by atoms with Crippen LogP contribution in [0.3, 0.4) is 0 Å². The Morgan fingerprint density at radius 1 is 1.33 bits per heavy atom. The Bertz CT molecular complexity index is 805. The summed E-state index contributed by atoms with van der Waals surface area (Å²) >= 11 is 3.31. The van der Waals surface area contributed by atoms with Gasteiger partial charge in [0.25, 0.3) is 0 Å². The molecule has 128 valence electrons. The molecule has 3 rings (SSSR count). The molecule has 0 atom stereocenters. The summed E-state index contributed by atoms with van der Waals surface area (Å²) in [6.45, 7) is 0.393. The molecule has 9 heteroatoms. The lowest BCUT2D eigenvalue weighted by Gasteiger charge is -2.01. The van der Waals surface area contributed by atoms with E-state index in [0.717, 1.165) is 33.1 Å². The Hall–Kier alpha value is -1.61. The number of aromatic nitrogens is 4. The fraction of sp³-hybridized carbons (Fsp3) is 0.267. The van der Waals surface area contributed by atoms with Crippen LogP contribution >= 0.6 is 35.5 Å². The van der Waals surface area contributed by atoms with Crippen molar-refractivity contribution in [1.82, 2.24) is 19.7 Å². The third kappa shape index (κ3) is 4.07. The number of nitrogens with zero attached hydrogens (tertiary/aromatic N) is 4. The second-order valence-electron chi connectivity index (χ2n) is 4.81. The Morgan fingerprint density at radius 2 is 2.17 bits per heavy atom. The van der Waals surface area contributed by atoms with Gasteiger partial charge in [-0.2, -0.15) is 0 Å². The monoisotopic (exact) mass is 383 g/mol. The van der Waals surface area contributed by atoms with Crippen LogP contribution in [0, 0.1) is 0 Å². The zero-order chi connectivity index (χ0) is 16.2. The summed E-state index contributed by atoms with van der Waals surface area (Å²) in [5, 5.41) is 10.1. The van der Waals surface area contributed by atoms with Crippen LogP contribution in [0.15, 0.2) is 35.6 Å². The molecule has 0 spiro atoms. The molecule has 0 aliphatic carbocycles. The third-order valence-corrected chi connectivity index (χ3v) is 5.62. The standard InChI is InChI=1S/C15H17N5OS2.ClH/c1-20-13(7-16)18-19-15(20)22-9-12-8-17-14(23-12)10-4-3-5-11(6-10)21-2;/h3-6,8H,7,9,16H2,1-2H3;1H. The lowest BCUT2D eigenvalue weighted by molar-refractivity contribution is 0.415. The van der Waals surface area contributed by atoms with Crippen molar-refractivity contribution in [3.63, 3.8) is 0 Å². The van der Waals surface area contributed by atoms with E-state index in [4.69, 9.17) is 10.5 Å². The first-order chi connectivity index (χ1) is 11.2. The van der Waals surface area contributed by atoms with Gasteiger partial charge in [-0.1, -0.05) is 23.9 Å². The maximum Gasteiger partial charge on any atom is 0.191 e. The zero-order valence-corrected chi connectivity index (χ0v) is 15.7. The number of ether oxygens (including phenoxy) is 1. The van der Waals surface area contributed by atoms with Crippen molar-refractivity contribution in [2.75, 3.05) is 7.11 Å². The summed E-state index contributed by atoms with van der Waals surface area (Å²) in [5.41, 5.74) is 6.68. The number of nitrogens with two attached hydrogens (primary N) is 1. The van der Waals surface area contributed by atoms with Crippen LogP contribution in [0.2, 0.25) is 0 Å². The van der Waals surface area contributed by atoms with E-state index in [9.17, 15) is 0 Å². The van der Waals surface area contributed by atoms with Crippen molar-refractivity contribution in [1.29, 1.82) is 0 Å². The maximum atomic E-state index is 5.61. The molecule has 1 aromatic carbocycles. The van der Waals surface area contributed by atoms with Crippen LogP contribution in [0.4, 0.5) is 0 Å². The third-order valence-electron chi connectivity index (χ3n) is 3.32. The summed E-state index contributed by atoms with van der Waals surface area (Å²) in [6, 6.07) is 7.93. The molecule has 6 nitrogen and oxygen atoms in total. The highest BCUT2D eigenvalue weighted by atomic mass is 35.5. The van der Waals surface area contributed by atoms with E-state index in [1.54, 1.807) is 30.2 Å². The zero-order valence-electron chi connectivity index (χ0n) is 13.3. The average molecular weight is 384 g/mol. The molecule has 24 heavy (non-hydrogen) atoms. The predicted molar refractivity (Wildman–Crippen MR) is 99.8 cm³/mol. The van der Waals surface area contributed by atoms with Gasteiger partial charge in [0, 0.05) is 29.4 Å². The molecule has 0 aliphatic rings. The number of benzene rings is 1. The SMILES string of the molecule is COc1cccc(-c2ncc(CSc3nnc(CN)n3C)s2)c1.Cl. The molecule has 0 saturated carbocycles. The van der Waals surface area contributed by atoms with Gasteiger partial charge in [-0.3, -0.25) is 0 Å². The number of hydrogen-bond donors (Lipinski definition) is 1. The Morgan fingerprint density at radius 3 is 2.88 bits per heavy atom. The van der Waals surface area contributed by atoms with Gasteiger partial charge in [0.1, 0.15) is 16.6 Å². The molecule has 0 bridgehead atoms. The Balaban J connectivity index is 0.00000208. The second kappa shape index (κ2) is 8.48. The van der Waals surface area contributed by atoms with Crippen molar-refractivity contribution in [2.24, 2.45) is 12.8 Å². The van der Waals surface area contributed by atoms with Gasteiger partial charge in [0.05, 0.1) is 13.7 Å². The number of hydrogen-bond acceptors (Lipinski definition) is 7. The first-order valence-corrected chi connectivity index (χ1v) is 8.81. The van der Waals surface area contributed by atoms with E-state index in [-0.39, 0.29) is 12.4 Å². The minimum atomic E-state index is 0. The predicted octanol–water partition coefficient (Wildman–Crippen LogP) is 3.12. The van der Waals surface area contributed by atoms with Gasteiger partial charge in [0.15, 0.2) is 5.16 Å². The van der Waals surface area contributed by atoms with Gasteiger partial charge in [-0.15, -0.1) is 33.9 Å². The molecule has 2 N–H and O–H groups in total. The van der Waals surface area contributed by atoms with Crippen molar-refractivity contribution >= 4 is 35.5 Å². The van der Waals surface area contributed by atoms with E-state index in [1.807, 2.05) is 42.1 Å². The normalized spacial score (nSPS) is 10.5. The fourth-order valence-electron chi connectivity index (χ4n) is 2.05. The number of thioether (sulfide) groups is 1. The topological polar surface area (TPSA) is 78.8 Å². The second-order valence-corrected chi connectivity index (χ2v) is 6.87. The lowest BCUT2D eigenvalue weighted by Crippen LogP contribution is -2.05. The van der Waals surface area contributed by atoms with Gasteiger partial charge >= 0.3 is 0 Å². The van der Waals surface area contributed by atoms with E-state index in [1.165, 1.54) is 4.88 Å². The molecular formula is C15H18ClN5OS2. The molecule has 2 aromatic heterocycles. The highest BCUT2D eigenvalue weighted by Gasteiger charge is 2.10. The molecular weight excluding hydrogens is 366 g/mol. The van der Waals surface area contributed by atoms with Gasteiger partial charge in [-0.25, -0.2) is 4.98 Å². The summed E-state index contributed by atoms with van der Waals surface area (Å²) in [4.78, 5) is 5.69. The maximum absolute atomic E-state index is 5.61. The van der Waals surface area contributed by atoms with Gasteiger partial charge in [-0.05, 0) is 12.1 Å². The van der Waals surface area contributed by atoms with Crippen LogP contribution in [-0.4, -0.2) is 26.9 Å². The quantitative estimate of drug-likeness (QED) is 0.659. The van der Waals surface area contributed by atoms with Crippen LogP contribution in [0.1, 0.15) is 10.7 Å². The van der Waals surface area contributed by atoms with Gasteiger partial charge in [0.2, 0.25) is 0 Å². The van der Waals surface area contributed by atoms with Crippen molar-refractivity contribution < 1.29 is 4.74 Å². The first kappa shape index (κ1) is 18.7. The summed E-state index contributed by atoms with van der Waals surface area (Å²) in [7, 11) is 3.60. The molecule has 0 fully saturated rings. The van der Waals surface area contributed by atoms with Crippen LogP contribution in [0.25, 0.3) is 10.6 Å². The summed E-state index contributed by atoms with van der Waals surface area (Å²) in [6.07, 6.45) is 1.91. The Kier molecular flexibility index (Phi) is 6.61. The smallest absolute Gasteiger partial charge is 0.191 e. The van der Waals surface area contributed by atoms with Crippen LogP contribution in [0.5, 0.6) is 5.75 Å². The van der Waals surface area contributed by atoms with Crippen LogP contribution < -0.4 is 10.5 Å². The highest BCUT2D eigenvalue weighted by molar-refractivity contribution is 7.98.